The summed E-state index contributed by atoms with van der Waals surface area (Å²) < 4.78 is 14.3. The van der Waals surface area contributed by atoms with Gasteiger partial charge in [-0.1, -0.05) is 36.4 Å². The third-order valence-corrected chi connectivity index (χ3v) is 4.78. The Morgan fingerprint density at radius 3 is 2.42 bits per heavy atom. The Morgan fingerprint density at radius 2 is 1.81 bits per heavy atom. The quantitative estimate of drug-likeness (QED) is 0.829. The minimum Gasteiger partial charge on any atom is -0.480 e. The molecular weight excluding hydrogens is 333 g/mol. The van der Waals surface area contributed by atoms with Gasteiger partial charge in [0.1, 0.15) is 11.9 Å². The normalized spacial score (nSPS) is 16.5. The summed E-state index contributed by atoms with van der Waals surface area (Å²) in [4.78, 5) is 15.4. The molecule has 6 heteroatoms. The van der Waals surface area contributed by atoms with Gasteiger partial charge in [-0.05, 0) is 23.3 Å². The minimum absolute atomic E-state index is 0.00764. The maximum Gasteiger partial charge on any atom is 0.320 e. The summed E-state index contributed by atoms with van der Waals surface area (Å²) in [6.07, 6.45) is -0.00764. The zero-order valence-corrected chi connectivity index (χ0v) is 14.6. The van der Waals surface area contributed by atoms with Gasteiger partial charge in [-0.15, -0.1) is 0 Å². The van der Waals surface area contributed by atoms with Crippen LogP contribution in [0.3, 0.4) is 0 Å². The van der Waals surface area contributed by atoms with Gasteiger partial charge in [0.25, 0.3) is 0 Å². The molecule has 0 bridgehead atoms. The van der Waals surface area contributed by atoms with Crippen LogP contribution in [0.4, 0.5) is 10.1 Å². The molecule has 0 spiro atoms. The molecule has 26 heavy (non-hydrogen) atoms. The van der Waals surface area contributed by atoms with Crippen molar-refractivity contribution < 1.29 is 14.3 Å². The van der Waals surface area contributed by atoms with Crippen molar-refractivity contribution in [1.82, 2.24) is 4.90 Å². The van der Waals surface area contributed by atoms with Crippen molar-refractivity contribution in [2.24, 2.45) is 5.73 Å². The zero-order chi connectivity index (χ0) is 18.5. The van der Waals surface area contributed by atoms with Crippen LogP contribution in [0.15, 0.2) is 48.5 Å². The minimum atomic E-state index is -1.12. The number of carboxylic acid groups (broad SMARTS) is 1. The van der Waals surface area contributed by atoms with Crippen molar-refractivity contribution in [2.75, 3.05) is 31.1 Å². The SMILES string of the molecule is NC(Cc1ccc(N2CCN(Cc3ccccc3)CC2)cc1F)C(=O)O. The Balaban J connectivity index is 1.57. The van der Waals surface area contributed by atoms with Gasteiger partial charge < -0.3 is 15.7 Å². The van der Waals surface area contributed by atoms with Crippen molar-refractivity contribution in [2.45, 2.75) is 19.0 Å². The lowest BCUT2D eigenvalue weighted by atomic mass is 10.0. The second-order valence-corrected chi connectivity index (χ2v) is 6.67. The maximum atomic E-state index is 14.3. The third-order valence-electron chi connectivity index (χ3n) is 4.78. The molecule has 1 atom stereocenters. The van der Waals surface area contributed by atoms with E-state index in [1.165, 1.54) is 11.6 Å². The van der Waals surface area contributed by atoms with Crippen LogP contribution in [0, 0.1) is 5.82 Å². The van der Waals surface area contributed by atoms with E-state index in [9.17, 15) is 9.18 Å². The fraction of sp³-hybridized carbons (Fsp3) is 0.350. The van der Waals surface area contributed by atoms with Gasteiger partial charge in [0.15, 0.2) is 0 Å². The highest BCUT2D eigenvalue weighted by molar-refractivity contribution is 5.73. The Bertz CT molecular complexity index is 746. The molecule has 0 saturated carbocycles. The highest BCUT2D eigenvalue weighted by atomic mass is 19.1. The lowest BCUT2D eigenvalue weighted by molar-refractivity contribution is -0.138. The number of hydrogen-bond donors (Lipinski definition) is 2. The van der Waals surface area contributed by atoms with E-state index in [2.05, 4.69) is 21.9 Å². The number of benzene rings is 2. The van der Waals surface area contributed by atoms with E-state index in [1.54, 1.807) is 6.07 Å². The number of halogens is 1. The molecule has 0 radical (unpaired) electrons. The molecule has 3 rings (SSSR count). The summed E-state index contributed by atoms with van der Waals surface area (Å²) in [6.45, 7) is 4.43. The van der Waals surface area contributed by atoms with Crippen LogP contribution >= 0.6 is 0 Å². The summed E-state index contributed by atoms with van der Waals surface area (Å²) in [5.41, 5.74) is 7.96. The van der Waals surface area contributed by atoms with Crippen LogP contribution in [-0.2, 0) is 17.8 Å². The van der Waals surface area contributed by atoms with E-state index in [1.807, 2.05) is 24.3 Å². The van der Waals surface area contributed by atoms with Gasteiger partial charge >= 0.3 is 5.97 Å². The van der Waals surface area contributed by atoms with Crippen LogP contribution < -0.4 is 10.6 Å². The molecule has 1 saturated heterocycles. The van der Waals surface area contributed by atoms with Gasteiger partial charge in [0, 0.05) is 44.8 Å². The van der Waals surface area contributed by atoms with Gasteiger partial charge in [0.05, 0.1) is 0 Å². The van der Waals surface area contributed by atoms with E-state index in [0.29, 0.717) is 5.56 Å². The monoisotopic (exact) mass is 357 g/mol. The first-order valence-corrected chi connectivity index (χ1v) is 8.81. The average molecular weight is 357 g/mol. The molecule has 138 valence electrons. The predicted octanol–water partition coefficient (Wildman–Crippen LogP) is 2.10. The predicted molar refractivity (Wildman–Crippen MR) is 99.6 cm³/mol. The number of carboxylic acids is 1. The van der Waals surface area contributed by atoms with Crippen LogP contribution in [0.1, 0.15) is 11.1 Å². The number of carbonyl (C=O) groups is 1. The Hall–Kier alpha value is -2.44. The summed E-state index contributed by atoms with van der Waals surface area (Å²) in [5, 5.41) is 8.86. The maximum absolute atomic E-state index is 14.3. The summed E-state index contributed by atoms with van der Waals surface area (Å²) >= 11 is 0. The van der Waals surface area contributed by atoms with Gasteiger partial charge in [-0.2, -0.15) is 0 Å². The first kappa shape index (κ1) is 18.4. The molecule has 3 N–H and O–H groups in total. The zero-order valence-electron chi connectivity index (χ0n) is 14.6. The van der Waals surface area contributed by atoms with Crippen LogP contribution in [0.5, 0.6) is 0 Å². The molecular formula is C20H24FN3O2. The third kappa shape index (κ3) is 4.59. The number of aliphatic carboxylic acids is 1. The molecule has 1 heterocycles. The fourth-order valence-corrected chi connectivity index (χ4v) is 3.23. The van der Waals surface area contributed by atoms with Crippen molar-refractivity contribution in [3.05, 3.63) is 65.5 Å². The molecule has 0 aromatic heterocycles. The number of nitrogens with zero attached hydrogens (tertiary/aromatic N) is 2. The Morgan fingerprint density at radius 1 is 1.12 bits per heavy atom. The van der Waals surface area contributed by atoms with Gasteiger partial charge in [0.2, 0.25) is 0 Å². The summed E-state index contributed by atoms with van der Waals surface area (Å²) in [7, 11) is 0. The van der Waals surface area contributed by atoms with E-state index in [-0.39, 0.29) is 6.42 Å². The van der Waals surface area contributed by atoms with Gasteiger partial charge in [-0.25, -0.2) is 4.39 Å². The Kier molecular flexibility index (Phi) is 5.85. The first-order chi connectivity index (χ1) is 12.5. The van der Waals surface area contributed by atoms with E-state index < -0.39 is 17.8 Å². The van der Waals surface area contributed by atoms with Crippen LogP contribution in [0.2, 0.25) is 0 Å². The first-order valence-electron chi connectivity index (χ1n) is 8.81. The highest BCUT2D eigenvalue weighted by Gasteiger charge is 2.19. The topological polar surface area (TPSA) is 69.8 Å². The van der Waals surface area contributed by atoms with Crippen LogP contribution in [-0.4, -0.2) is 48.2 Å². The molecule has 1 aliphatic rings. The largest absolute Gasteiger partial charge is 0.480 e. The molecule has 1 unspecified atom stereocenters. The molecule has 2 aromatic carbocycles. The summed E-state index contributed by atoms with van der Waals surface area (Å²) in [5.74, 6) is -1.52. The number of rotatable bonds is 6. The van der Waals surface area contributed by atoms with Crippen molar-refractivity contribution >= 4 is 11.7 Å². The standard InChI is InChI=1S/C20H24FN3O2/c21-18-13-17(7-6-16(18)12-19(22)20(25)26)24-10-8-23(9-11-24)14-15-4-2-1-3-5-15/h1-7,13,19H,8-12,14,22H2,(H,25,26). The second kappa shape index (κ2) is 8.29. The lowest BCUT2D eigenvalue weighted by Gasteiger charge is -2.36. The molecule has 1 aliphatic heterocycles. The molecule has 2 aromatic rings. The molecule has 0 aliphatic carbocycles. The second-order valence-electron chi connectivity index (χ2n) is 6.67. The van der Waals surface area contributed by atoms with Crippen LogP contribution in [0.25, 0.3) is 0 Å². The number of anilines is 1. The molecule has 1 fully saturated rings. The fourth-order valence-electron chi connectivity index (χ4n) is 3.23. The highest BCUT2D eigenvalue weighted by Crippen LogP contribution is 2.21. The van der Waals surface area contributed by atoms with Crippen molar-refractivity contribution in [1.29, 1.82) is 0 Å². The summed E-state index contributed by atoms with van der Waals surface area (Å²) in [6, 6.07) is 14.3. The number of hydrogen-bond acceptors (Lipinski definition) is 4. The number of nitrogens with two attached hydrogens (primary N) is 1. The van der Waals surface area contributed by atoms with Gasteiger partial charge in [-0.3, -0.25) is 9.69 Å². The van der Waals surface area contributed by atoms with E-state index >= 15 is 0 Å². The van der Waals surface area contributed by atoms with Crippen molar-refractivity contribution in [3.63, 3.8) is 0 Å². The lowest BCUT2D eigenvalue weighted by Crippen LogP contribution is -2.46. The molecule has 5 nitrogen and oxygen atoms in total. The van der Waals surface area contributed by atoms with E-state index in [0.717, 1.165) is 38.4 Å². The Labute approximate surface area is 152 Å². The average Bonchev–Trinajstić information content (AvgIpc) is 2.65. The molecule has 0 amide bonds. The number of piperazine rings is 1. The van der Waals surface area contributed by atoms with E-state index in [4.69, 9.17) is 10.8 Å². The van der Waals surface area contributed by atoms with Crippen molar-refractivity contribution in [3.8, 4) is 0 Å². The smallest absolute Gasteiger partial charge is 0.320 e.